The Balaban J connectivity index is 2.13. The first kappa shape index (κ1) is 20.6. The number of rotatable bonds is 5. The number of aryl methyl sites for hydroxylation is 1. The summed E-state index contributed by atoms with van der Waals surface area (Å²) >= 11 is 1.30. The number of benzene rings is 1. The number of ether oxygens (including phenoxy) is 1. The zero-order valence-electron chi connectivity index (χ0n) is 16.8. The Labute approximate surface area is 172 Å². The van der Waals surface area contributed by atoms with Crippen molar-refractivity contribution in [1.82, 2.24) is 14.3 Å². The molecule has 0 saturated carbocycles. The highest BCUT2D eigenvalue weighted by Gasteiger charge is 2.17. The molecule has 1 aromatic carbocycles. The lowest BCUT2D eigenvalue weighted by atomic mass is 10.2. The molecule has 0 aliphatic rings. The standard InChI is InChI=1S/C21H22N4O3S/c1-6-10-24-16-9-8-15(20(27)28-7-2)12-18(16)29-21(24)22-19(26)17-11-14(5)23-25(17)13(3)4/h1,8-9,11-13H,7,10H2,2-5H3. The lowest BCUT2D eigenvalue weighted by Gasteiger charge is -2.08. The SMILES string of the molecule is C#CCn1c(=NC(=O)c2cc(C)nn2C(C)C)sc2cc(C(=O)OCC)ccc21. The van der Waals surface area contributed by atoms with Crippen LogP contribution in [-0.4, -0.2) is 32.8 Å². The summed E-state index contributed by atoms with van der Waals surface area (Å²) in [4.78, 5) is 29.7. The number of hydrogen-bond donors (Lipinski definition) is 0. The van der Waals surface area contributed by atoms with Gasteiger partial charge in [-0.3, -0.25) is 9.48 Å². The Hall–Kier alpha value is -3.18. The number of nitrogens with zero attached hydrogens (tertiary/aromatic N) is 4. The first-order valence-electron chi connectivity index (χ1n) is 9.24. The summed E-state index contributed by atoms with van der Waals surface area (Å²) in [6.45, 7) is 8.07. The van der Waals surface area contributed by atoms with E-state index in [9.17, 15) is 9.59 Å². The van der Waals surface area contributed by atoms with Crippen LogP contribution in [0.2, 0.25) is 0 Å². The zero-order chi connectivity index (χ0) is 21.1. The zero-order valence-corrected chi connectivity index (χ0v) is 17.6. The van der Waals surface area contributed by atoms with Gasteiger partial charge in [0.1, 0.15) is 5.69 Å². The van der Waals surface area contributed by atoms with E-state index in [-0.39, 0.29) is 18.5 Å². The Morgan fingerprint density at radius 2 is 2.10 bits per heavy atom. The molecule has 0 aliphatic carbocycles. The first-order chi connectivity index (χ1) is 13.8. The fourth-order valence-electron chi connectivity index (χ4n) is 2.96. The minimum absolute atomic E-state index is 0.0326. The van der Waals surface area contributed by atoms with E-state index < -0.39 is 5.97 Å². The topological polar surface area (TPSA) is 78.5 Å². The van der Waals surface area contributed by atoms with Crippen LogP contribution in [0.3, 0.4) is 0 Å². The molecule has 2 heterocycles. The highest BCUT2D eigenvalue weighted by molar-refractivity contribution is 7.16. The van der Waals surface area contributed by atoms with Gasteiger partial charge in [-0.2, -0.15) is 10.1 Å². The average molecular weight is 410 g/mol. The molecule has 1 amide bonds. The Morgan fingerprint density at radius 1 is 1.34 bits per heavy atom. The van der Waals surface area contributed by atoms with E-state index in [1.165, 1.54) is 11.3 Å². The van der Waals surface area contributed by atoms with Crippen molar-refractivity contribution >= 4 is 33.4 Å². The number of hydrogen-bond acceptors (Lipinski definition) is 5. The lowest BCUT2D eigenvalue weighted by Crippen LogP contribution is -2.18. The first-order valence-corrected chi connectivity index (χ1v) is 10.1. The second-order valence-corrected chi connectivity index (χ2v) is 7.71. The molecule has 3 rings (SSSR count). The smallest absolute Gasteiger partial charge is 0.338 e. The summed E-state index contributed by atoms with van der Waals surface area (Å²) in [5, 5.41) is 4.37. The van der Waals surface area contributed by atoms with Crippen molar-refractivity contribution in [3.05, 3.63) is 46.0 Å². The highest BCUT2D eigenvalue weighted by atomic mass is 32.1. The van der Waals surface area contributed by atoms with Gasteiger partial charge in [0.05, 0.1) is 34.6 Å². The maximum Gasteiger partial charge on any atom is 0.338 e. The molecule has 3 aromatic rings. The van der Waals surface area contributed by atoms with Gasteiger partial charge in [-0.05, 0) is 52.0 Å². The molecule has 0 saturated heterocycles. The second-order valence-electron chi connectivity index (χ2n) is 6.70. The molecule has 29 heavy (non-hydrogen) atoms. The molecular formula is C21H22N4O3S. The van der Waals surface area contributed by atoms with Crippen molar-refractivity contribution < 1.29 is 14.3 Å². The maximum atomic E-state index is 12.9. The third-order valence-corrected chi connectivity index (χ3v) is 5.25. The molecular weight excluding hydrogens is 388 g/mol. The van der Waals surface area contributed by atoms with E-state index in [2.05, 4.69) is 16.0 Å². The van der Waals surface area contributed by atoms with Crippen LogP contribution in [0.4, 0.5) is 0 Å². The number of terminal acetylenes is 1. The van der Waals surface area contributed by atoms with E-state index in [4.69, 9.17) is 11.2 Å². The molecule has 2 aromatic heterocycles. The summed E-state index contributed by atoms with van der Waals surface area (Å²) in [6.07, 6.45) is 5.53. The van der Waals surface area contributed by atoms with Crippen LogP contribution >= 0.6 is 11.3 Å². The minimum atomic E-state index is -0.392. The summed E-state index contributed by atoms with van der Waals surface area (Å²) in [5.74, 6) is 1.82. The largest absolute Gasteiger partial charge is 0.462 e. The maximum absolute atomic E-state index is 12.9. The van der Waals surface area contributed by atoms with Crippen LogP contribution in [0, 0.1) is 19.3 Å². The quantitative estimate of drug-likeness (QED) is 0.477. The Bertz CT molecular complexity index is 1190. The van der Waals surface area contributed by atoms with Gasteiger partial charge >= 0.3 is 5.97 Å². The number of thiazole rings is 1. The monoisotopic (exact) mass is 410 g/mol. The van der Waals surface area contributed by atoms with E-state index >= 15 is 0 Å². The van der Waals surface area contributed by atoms with Crippen molar-refractivity contribution in [3.63, 3.8) is 0 Å². The number of esters is 1. The molecule has 0 aliphatic heterocycles. The Kier molecular flexibility index (Phi) is 5.99. The van der Waals surface area contributed by atoms with Crippen molar-refractivity contribution in [2.75, 3.05) is 6.61 Å². The fraction of sp³-hybridized carbons (Fsp3) is 0.333. The third-order valence-electron chi connectivity index (χ3n) is 4.21. The van der Waals surface area contributed by atoms with Gasteiger partial charge in [0.25, 0.3) is 5.91 Å². The van der Waals surface area contributed by atoms with E-state index in [0.717, 1.165) is 15.9 Å². The van der Waals surface area contributed by atoms with Gasteiger partial charge < -0.3 is 9.30 Å². The van der Waals surface area contributed by atoms with Gasteiger partial charge in [-0.1, -0.05) is 17.3 Å². The van der Waals surface area contributed by atoms with Crippen LogP contribution in [0.5, 0.6) is 0 Å². The van der Waals surface area contributed by atoms with Gasteiger partial charge in [0.15, 0.2) is 4.80 Å². The van der Waals surface area contributed by atoms with Gasteiger partial charge in [-0.25, -0.2) is 4.79 Å². The molecule has 150 valence electrons. The molecule has 0 fully saturated rings. The summed E-state index contributed by atoms with van der Waals surface area (Å²) < 4.78 is 9.31. The van der Waals surface area contributed by atoms with Crippen LogP contribution < -0.4 is 4.80 Å². The normalized spacial score (nSPS) is 11.8. The second kappa shape index (κ2) is 8.45. The predicted octanol–water partition coefficient (Wildman–Crippen LogP) is 3.34. The molecule has 8 heteroatoms. The van der Waals surface area contributed by atoms with Crippen LogP contribution in [0.1, 0.15) is 53.4 Å². The molecule has 7 nitrogen and oxygen atoms in total. The molecule has 0 atom stereocenters. The summed E-state index contributed by atoms with van der Waals surface area (Å²) in [5.41, 5.74) is 2.43. The lowest BCUT2D eigenvalue weighted by molar-refractivity contribution is 0.0526. The van der Waals surface area contributed by atoms with Gasteiger partial charge in [-0.15, -0.1) is 6.42 Å². The predicted molar refractivity (Wildman–Crippen MR) is 112 cm³/mol. The van der Waals surface area contributed by atoms with Crippen molar-refractivity contribution in [3.8, 4) is 12.3 Å². The van der Waals surface area contributed by atoms with Gasteiger partial charge in [0.2, 0.25) is 0 Å². The van der Waals surface area contributed by atoms with Crippen molar-refractivity contribution in [1.29, 1.82) is 0 Å². The van der Waals surface area contributed by atoms with E-state index in [1.54, 1.807) is 40.4 Å². The van der Waals surface area contributed by atoms with Crippen molar-refractivity contribution in [2.24, 2.45) is 4.99 Å². The van der Waals surface area contributed by atoms with Crippen molar-refractivity contribution in [2.45, 2.75) is 40.3 Å². The molecule has 0 radical (unpaired) electrons. The number of aromatic nitrogens is 3. The number of carbonyl (C=O) groups is 2. The van der Waals surface area contributed by atoms with Crippen LogP contribution in [-0.2, 0) is 11.3 Å². The highest BCUT2D eigenvalue weighted by Crippen LogP contribution is 2.20. The number of amides is 1. The average Bonchev–Trinajstić information content (AvgIpc) is 3.23. The Morgan fingerprint density at radius 3 is 2.76 bits per heavy atom. The minimum Gasteiger partial charge on any atom is -0.462 e. The van der Waals surface area contributed by atoms with E-state index in [1.807, 2.05) is 20.8 Å². The number of carbonyl (C=O) groups excluding carboxylic acids is 2. The number of fused-ring (bicyclic) bond motifs is 1. The fourth-order valence-corrected chi connectivity index (χ4v) is 4.03. The molecule has 0 N–H and O–H groups in total. The van der Waals surface area contributed by atoms with E-state index in [0.29, 0.717) is 22.7 Å². The molecule has 0 bridgehead atoms. The van der Waals surface area contributed by atoms with Crippen LogP contribution in [0.25, 0.3) is 10.2 Å². The summed E-state index contributed by atoms with van der Waals surface area (Å²) in [6, 6.07) is 6.97. The molecule has 0 spiro atoms. The molecule has 0 unspecified atom stereocenters. The van der Waals surface area contributed by atoms with Gasteiger partial charge in [0, 0.05) is 6.04 Å². The summed E-state index contributed by atoms with van der Waals surface area (Å²) in [7, 11) is 0. The van der Waals surface area contributed by atoms with Crippen LogP contribution in [0.15, 0.2) is 29.3 Å². The third kappa shape index (κ3) is 4.15.